The second-order valence-corrected chi connectivity index (χ2v) is 5.61. The van der Waals surface area contributed by atoms with Crippen molar-refractivity contribution in [3.63, 3.8) is 0 Å². The molecule has 0 radical (unpaired) electrons. The van der Waals surface area contributed by atoms with E-state index in [4.69, 9.17) is 23.2 Å². The standard InChI is InChI=1S/C12H9Cl2F6N/c13-8-4-6(3-7(9(8)14)11(15,16)17)10(12(18,19)20)1-2-21-5-10/h3-4,21H,1-2,5H2/t10-/m0/s1. The summed E-state index contributed by atoms with van der Waals surface area (Å²) >= 11 is 11.1. The first-order valence-corrected chi connectivity index (χ1v) is 6.59. The van der Waals surface area contributed by atoms with Gasteiger partial charge in [0.1, 0.15) is 5.41 Å². The van der Waals surface area contributed by atoms with Crippen molar-refractivity contribution in [2.45, 2.75) is 24.2 Å². The van der Waals surface area contributed by atoms with Gasteiger partial charge >= 0.3 is 12.4 Å². The lowest BCUT2D eigenvalue weighted by molar-refractivity contribution is -0.185. The van der Waals surface area contributed by atoms with Crippen LogP contribution >= 0.6 is 23.2 Å². The summed E-state index contributed by atoms with van der Waals surface area (Å²) in [5.41, 5.74) is -4.27. The zero-order valence-electron chi connectivity index (χ0n) is 10.3. The highest BCUT2D eigenvalue weighted by atomic mass is 35.5. The number of alkyl halides is 6. The highest BCUT2D eigenvalue weighted by molar-refractivity contribution is 6.42. The van der Waals surface area contributed by atoms with Gasteiger partial charge in [0.25, 0.3) is 0 Å². The van der Waals surface area contributed by atoms with Crippen LogP contribution in [0.5, 0.6) is 0 Å². The molecule has 9 heteroatoms. The molecule has 0 aliphatic carbocycles. The normalized spacial score (nSPS) is 23.6. The highest BCUT2D eigenvalue weighted by Gasteiger charge is 2.57. The van der Waals surface area contributed by atoms with E-state index in [9.17, 15) is 26.3 Å². The number of benzene rings is 1. The average Bonchev–Trinajstić information content (AvgIpc) is 2.80. The highest BCUT2D eigenvalue weighted by Crippen LogP contribution is 2.48. The maximum atomic E-state index is 13.4. The Bertz CT molecular complexity index is 546. The monoisotopic (exact) mass is 351 g/mol. The van der Waals surface area contributed by atoms with Crippen LogP contribution in [0.15, 0.2) is 12.1 Å². The van der Waals surface area contributed by atoms with Crippen LogP contribution in [-0.2, 0) is 11.6 Å². The first-order chi connectivity index (χ1) is 9.49. The van der Waals surface area contributed by atoms with Crippen LogP contribution in [0.3, 0.4) is 0 Å². The molecule has 0 saturated carbocycles. The summed E-state index contributed by atoms with van der Waals surface area (Å²) in [4.78, 5) is 0. The Morgan fingerprint density at radius 1 is 1.05 bits per heavy atom. The molecule has 118 valence electrons. The number of hydrogen-bond donors (Lipinski definition) is 1. The van der Waals surface area contributed by atoms with E-state index in [0.29, 0.717) is 6.07 Å². The van der Waals surface area contributed by atoms with Crippen molar-refractivity contribution in [2.75, 3.05) is 13.1 Å². The predicted octanol–water partition coefficient (Wildman–Crippen LogP) is 4.81. The van der Waals surface area contributed by atoms with E-state index in [0.717, 1.165) is 6.07 Å². The fourth-order valence-electron chi connectivity index (χ4n) is 2.42. The van der Waals surface area contributed by atoms with E-state index in [1.807, 2.05) is 0 Å². The molecule has 0 unspecified atom stereocenters. The second kappa shape index (κ2) is 5.21. The van der Waals surface area contributed by atoms with Crippen molar-refractivity contribution in [1.29, 1.82) is 0 Å². The fraction of sp³-hybridized carbons (Fsp3) is 0.500. The van der Waals surface area contributed by atoms with E-state index < -0.39 is 45.5 Å². The SMILES string of the molecule is FC(F)(F)c1cc([C@]2(C(F)(F)F)CCNC2)cc(Cl)c1Cl. The molecule has 0 bridgehead atoms. The van der Waals surface area contributed by atoms with Crippen molar-refractivity contribution < 1.29 is 26.3 Å². The zero-order chi connectivity index (χ0) is 16.1. The van der Waals surface area contributed by atoms with E-state index in [2.05, 4.69) is 5.32 Å². The summed E-state index contributed by atoms with van der Waals surface area (Å²) in [6, 6.07) is 1.30. The summed E-state index contributed by atoms with van der Waals surface area (Å²) in [6.45, 7) is -0.438. The Kier molecular flexibility index (Phi) is 4.14. The Morgan fingerprint density at radius 3 is 2.10 bits per heavy atom. The maximum Gasteiger partial charge on any atom is 0.417 e. The third-order valence-electron chi connectivity index (χ3n) is 3.58. The third-order valence-corrected chi connectivity index (χ3v) is 4.39. The summed E-state index contributed by atoms with van der Waals surface area (Å²) in [5.74, 6) is 0. The number of rotatable bonds is 1. The maximum absolute atomic E-state index is 13.4. The van der Waals surface area contributed by atoms with Gasteiger partial charge in [0.15, 0.2) is 0 Å². The van der Waals surface area contributed by atoms with E-state index in [1.165, 1.54) is 0 Å². The van der Waals surface area contributed by atoms with Gasteiger partial charge in [-0.05, 0) is 30.7 Å². The van der Waals surface area contributed by atoms with Crippen LogP contribution in [0, 0.1) is 0 Å². The fourth-order valence-corrected chi connectivity index (χ4v) is 2.85. The molecule has 1 saturated heterocycles. The van der Waals surface area contributed by atoms with E-state index in [1.54, 1.807) is 0 Å². The molecule has 21 heavy (non-hydrogen) atoms. The van der Waals surface area contributed by atoms with Gasteiger partial charge in [-0.25, -0.2) is 0 Å². The largest absolute Gasteiger partial charge is 0.417 e. The molecular formula is C12H9Cl2F6N. The molecule has 1 aliphatic rings. The summed E-state index contributed by atoms with van der Waals surface area (Å²) in [5, 5.41) is 1.19. The predicted molar refractivity (Wildman–Crippen MR) is 66.7 cm³/mol. The van der Waals surface area contributed by atoms with Crippen LogP contribution in [0.1, 0.15) is 17.5 Å². The zero-order valence-corrected chi connectivity index (χ0v) is 11.8. The minimum Gasteiger partial charge on any atom is -0.315 e. The van der Waals surface area contributed by atoms with Crippen molar-refractivity contribution in [3.05, 3.63) is 33.3 Å². The van der Waals surface area contributed by atoms with Crippen LogP contribution in [0.2, 0.25) is 10.0 Å². The van der Waals surface area contributed by atoms with E-state index >= 15 is 0 Å². The third kappa shape index (κ3) is 2.83. The Hall–Kier alpha value is -0.660. The Morgan fingerprint density at radius 2 is 1.67 bits per heavy atom. The number of halogens is 8. The van der Waals surface area contributed by atoms with Crippen LogP contribution in [0.4, 0.5) is 26.3 Å². The second-order valence-electron chi connectivity index (χ2n) is 4.82. The molecule has 1 nitrogen and oxygen atoms in total. The molecule has 1 aromatic carbocycles. The number of nitrogens with one attached hydrogen (secondary N) is 1. The van der Waals surface area contributed by atoms with Gasteiger partial charge in [-0.1, -0.05) is 23.2 Å². The lowest BCUT2D eigenvalue weighted by atomic mass is 9.78. The van der Waals surface area contributed by atoms with Crippen molar-refractivity contribution in [2.24, 2.45) is 0 Å². The molecule has 1 aliphatic heterocycles. The molecule has 1 heterocycles. The molecule has 0 spiro atoms. The molecule has 1 N–H and O–H groups in total. The molecule has 1 fully saturated rings. The lowest BCUT2D eigenvalue weighted by Crippen LogP contribution is -2.44. The van der Waals surface area contributed by atoms with E-state index in [-0.39, 0.29) is 13.0 Å². The van der Waals surface area contributed by atoms with Gasteiger partial charge in [0, 0.05) is 6.54 Å². The summed E-state index contributed by atoms with van der Waals surface area (Å²) in [7, 11) is 0. The van der Waals surface area contributed by atoms with Gasteiger partial charge in [-0.3, -0.25) is 0 Å². The van der Waals surface area contributed by atoms with Gasteiger partial charge in [0.05, 0.1) is 15.6 Å². The first-order valence-electron chi connectivity index (χ1n) is 5.83. The van der Waals surface area contributed by atoms with Crippen LogP contribution < -0.4 is 5.32 Å². The average molecular weight is 352 g/mol. The van der Waals surface area contributed by atoms with Crippen molar-refractivity contribution in [3.8, 4) is 0 Å². The Balaban J connectivity index is 2.66. The molecule has 1 aromatic rings. The smallest absolute Gasteiger partial charge is 0.315 e. The van der Waals surface area contributed by atoms with Gasteiger partial charge < -0.3 is 5.32 Å². The minimum atomic E-state index is -4.88. The van der Waals surface area contributed by atoms with Gasteiger partial charge in [-0.2, -0.15) is 26.3 Å². The topological polar surface area (TPSA) is 12.0 Å². The summed E-state index contributed by atoms with van der Waals surface area (Å²) < 4.78 is 78.7. The molecule has 0 amide bonds. The van der Waals surface area contributed by atoms with Crippen LogP contribution in [0.25, 0.3) is 0 Å². The number of hydrogen-bond acceptors (Lipinski definition) is 1. The quantitative estimate of drug-likeness (QED) is 0.716. The van der Waals surface area contributed by atoms with Gasteiger partial charge in [-0.15, -0.1) is 0 Å². The molecule has 1 atom stereocenters. The first kappa shape index (κ1) is 16.7. The van der Waals surface area contributed by atoms with Gasteiger partial charge in [0.2, 0.25) is 0 Å². The lowest BCUT2D eigenvalue weighted by Gasteiger charge is -2.32. The molecule has 2 rings (SSSR count). The summed E-state index contributed by atoms with van der Waals surface area (Å²) in [6.07, 6.45) is -9.93. The Labute approximate surface area is 126 Å². The minimum absolute atomic E-state index is 0.0567. The molecule has 0 aromatic heterocycles. The van der Waals surface area contributed by atoms with Crippen LogP contribution in [-0.4, -0.2) is 19.3 Å². The van der Waals surface area contributed by atoms with Crippen molar-refractivity contribution in [1.82, 2.24) is 5.32 Å². The molecular weight excluding hydrogens is 343 g/mol. The van der Waals surface area contributed by atoms with Crippen molar-refractivity contribution >= 4 is 23.2 Å².